The van der Waals surface area contributed by atoms with Crippen molar-refractivity contribution in [3.8, 4) is 11.5 Å². The summed E-state index contributed by atoms with van der Waals surface area (Å²) < 4.78 is 16.6. The first kappa shape index (κ1) is 16.1. The normalized spacial score (nSPS) is 12.9. The molecule has 1 aromatic heterocycles. The first-order valence-corrected chi connectivity index (χ1v) is 8.19. The first-order chi connectivity index (χ1) is 12.4. The first-order valence-electron chi connectivity index (χ1n) is 8.19. The van der Waals surface area contributed by atoms with Gasteiger partial charge in [0.1, 0.15) is 17.1 Å². The summed E-state index contributed by atoms with van der Waals surface area (Å²) in [4.78, 5) is 24.8. The summed E-state index contributed by atoms with van der Waals surface area (Å²) in [5.41, 5.74) is 2.61. The number of allylic oxidation sites excluding steroid dienone is 2. The van der Waals surface area contributed by atoms with E-state index in [1.807, 2.05) is 32.0 Å². The van der Waals surface area contributed by atoms with E-state index in [0.29, 0.717) is 34.0 Å². The number of ether oxygens (including phenoxy) is 2. The van der Waals surface area contributed by atoms with E-state index in [1.54, 1.807) is 31.2 Å². The van der Waals surface area contributed by atoms with Crippen LogP contribution in [0.25, 0.3) is 11.0 Å². The molecule has 4 rings (SSSR count). The number of hydrogen-bond acceptors (Lipinski definition) is 5. The van der Waals surface area contributed by atoms with E-state index in [9.17, 15) is 9.59 Å². The Balaban J connectivity index is 1.65. The Hall–Kier alpha value is -3.34. The molecule has 0 bridgehead atoms. The summed E-state index contributed by atoms with van der Waals surface area (Å²) in [6, 6.07) is 12.2. The van der Waals surface area contributed by atoms with Gasteiger partial charge in [-0.05, 0) is 50.1 Å². The molecule has 0 spiro atoms. The second kappa shape index (κ2) is 5.88. The molecule has 2 heterocycles. The number of carbonyl (C=O) groups is 2. The van der Waals surface area contributed by atoms with Gasteiger partial charge in [-0.2, -0.15) is 0 Å². The predicted octanol–water partition coefficient (Wildman–Crippen LogP) is 4.83. The van der Waals surface area contributed by atoms with Crippen LogP contribution < -0.4 is 9.47 Å². The van der Waals surface area contributed by atoms with Crippen LogP contribution in [-0.2, 0) is 0 Å². The molecule has 0 unspecified atom stereocenters. The Labute approximate surface area is 149 Å². The van der Waals surface area contributed by atoms with Gasteiger partial charge in [-0.15, -0.1) is 0 Å². The molecule has 0 fully saturated rings. The van der Waals surface area contributed by atoms with Gasteiger partial charge in [0.05, 0.1) is 5.56 Å². The zero-order chi connectivity index (χ0) is 18.4. The molecule has 0 radical (unpaired) electrons. The van der Waals surface area contributed by atoms with Crippen molar-refractivity contribution in [1.29, 1.82) is 0 Å². The van der Waals surface area contributed by atoms with Crippen molar-refractivity contribution in [2.45, 2.75) is 20.8 Å². The van der Waals surface area contributed by atoms with E-state index in [-0.39, 0.29) is 11.5 Å². The molecule has 1 aliphatic heterocycles. The minimum Gasteiger partial charge on any atom is -0.452 e. The molecule has 5 nitrogen and oxygen atoms in total. The van der Waals surface area contributed by atoms with Crippen molar-refractivity contribution in [3.63, 3.8) is 0 Å². The Morgan fingerprint density at radius 1 is 1.08 bits per heavy atom. The van der Waals surface area contributed by atoms with Crippen LogP contribution in [-0.4, -0.2) is 11.8 Å². The quantitative estimate of drug-likeness (QED) is 0.377. The van der Waals surface area contributed by atoms with Crippen LogP contribution in [0.1, 0.15) is 40.3 Å². The Morgan fingerprint density at radius 3 is 2.58 bits per heavy atom. The molecular weight excluding hydrogens is 332 g/mol. The number of esters is 1. The van der Waals surface area contributed by atoms with Gasteiger partial charge in [-0.3, -0.25) is 4.79 Å². The second-order valence-electron chi connectivity index (χ2n) is 6.41. The van der Waals surface area contributed by atoms with Crippen LogP contribution >= 0.6 is 0 Å². The number of ketones is 1. The highest BCUT2D eigenvalue weighted by atomic mass is 16.5. The highest BCUT2D eigenvalue weighted by Gasteiger charge is 2.31. The largest absolute Gasteiger partial charge is 0.452 e. The highest BCUT2D eigenvalue weighted by Crippen LogP contribution is 2.38. The Kier molecular flexibility index (Phi) is 3.65. The zero-order valence-corrected chi connectivity index (χ0v) is 14.6. The molecule has 130 valence electrons. The van der Waals surface area contributed by atoms with E-state index in [2.05, 4.69) is 0 Å². The molecule has 2 aromatic carbocycles. The maximum Gasteiger partial charge on any atom is 0.379 e. The van der Waals surface area contributed by atoms with Crippen molar-refractivity contribution in [1.82, 2.24) is 0 Å². The molecule has 3 aromatic rings. The van der Waals surface area contributed by atoms with Gasteiger partial charge >= 0.3 is 5.97 Å². The number of carbonyl (C=O) groups excluding carboxylic acids is 2. The summed E-state index contributed by atoms with van der Waals surface area (Å²) in [6.07, 6.45) is 0. The lowest BCUT2D eigenvalue weighted by Crippen LogP contribution is -2.07. The predicted molar refractivity (Wildman–Crippen MR) is 95.7 cm³/mol. The minimum absolute atomic E-state index is 0.117. The Morgan fingerprint density at radius 2 is 1.85 bits per heavy atom. The SMILES string of the molecule is CC(C)=C1Oc2cc(OC(=O)c3cc4ccccc4o3)cc(C)c2C1=O. The van der Waals surface area contributed by atoms with Crippen LogP contribution in [0.2, 0.25) is 0 Å². The fourth-order valence-corrected chi connectivity index (χ4v) is 2.99. The van der Waals surface area contributed by atoms with Crippen molar-refractivity contribution >= 4 is 22.7 Å². The average molecular weight is 348 g/mol. The van der Waals surface area contributed by atoms with E-state index in [4.69, 9.17) is 13.9 Å². The van der Waals surface area contributed by atoms with E-state index >= 15 is 0 Å². The summed E-state index contributed by atoms with van der Waals surface area (Å²) in [6.45, 7) is 5.42. The van der Waals surface area contributed by atoms with Gasteiger partial charge in [-0.25, -0.2) is 4.79 Å². The lowest BCUT2D eigenvalue weighted by atomic mass is 10.0. The summed E-state index contributed by atoms with van der Waals surface area (Å²) >= 11 is 0. The van der Waals surface area contributed by atoms with Gasteiger partial charge in [0.2, 0.25) is 11.5 Å². The topological polar surface area (TPSA) is 65.7 Å². The molecule has 0 atom stereocenters. The van der Waals surface area contributed by atoms with Crippen molar-refractivity contribution < 1.29 is 23.5 Å². The summed E-state index contributed by atoms with van der Waals surface area (Å²) in [5.74, 6) is 0.392. The third-order valence-electron chi connectivity index (χ3n) is 4.21. The number of hydrogen-bond donors (Lipinski definition) is 0. The molecule has 1 aliphatic rings. The van der Waals surface area contributed by atoms with Gasteiger partial charge in [-0.1, -0.05) is 18.2 Å². The summed E-state index contributed by atoms with van der Waals surface area (Å²) in [7, 11) is 0. The smallest absolute Gasteiger partial charge is 0.379 e. The van der Waals surface area contributed by atoms with Crippen molar-refractivity contribution in [2.75, 3.05) is 0 Å². The number of rotatable bonds is 2. The zero-order valence-electron chi connectivity index (χ0n) is 14.6. The van der Waals surface area contributed by atoms with Gasteiger partial charge in [0, 0.05) is 11.5 Å². The molecule has 0 amide bonds. The molecule has 26 heavy (non-hydrogen) atoms. The minimum atomic E-state index is -0.604. The third kappa shape index (κ3) is 2.58. The number of Topliss-reactive ketones (excluding diaryl/α,β-unsaturated/α-hetero) is 1. The fraction of sp³-hybridized carbons (Fsp3) is 0.143. The van der Waals surface area contributed by atoms with Crippen molar-refractivity contribution in [2.24, 2.45) is 0 Å². The number of fused-ring (bicyclic) bond motifs is 2. The van der Waals surface area contributed by atoms with Crippen LogP contribution in [0.15, 0.2) is 58.2 Å². The third-order valence-corrected chi connectivity index (χ3v) is 4.21. The monoisotopic (exact) mass is 348 g/mol. The van der Waals surface area contributed by atoms with E-state index in [0.717, 1.165) is 11.0 Å². The molecule has 0 aliphatic carbocycles. The maximum atomic E-state index is 12.4. The van der Waals surface area contributed by atoms with Gasteiger partial charge in [0.15, 0.2) is 5.76 Å². The number of furan rings is 1. The van der Waals surface area contributed by atoms with Crippen LogP contribution in [0, 0.1) is 6.92 Å². The summed E-state index contributed by atoms with van der Waals surface area (Å²) in [5, 5.41) is 0.826. The van der Waals surface area contributed by atoms with Crippen LogP contribution in [0.3, 0.4) is 0 Å². The second-order valence-corrected chi connectivity index (χ2v) is 6.41. The fourth-order valence-electron chi connectivity index (χ4n) is 2.99. The molecule has 0 saturated heterocycles. The molecule has 0 saturated carbocycles. The average Bonchev–Trinajstić information content (AvgIpc) is 3.16. The van der Waals surface area contributed by atoms with E-state index in [1.165, 1.54) is 0 Å². The molecular formula is C21H16O5. The van der Waals surface area contributed by atoms with E-state index < -0.39 is 5.97 Å². The number of aryl methyl sites for hydroxylation is 1. The lowest BCUT2D eigenvalue weighted by Gasteiger charge is -2.06. The van der Waals surface area contributed by atoms with Gasteiger partial charge < -0.3 is 13.9 Å². The maximum absolute atomic E-state index is 12.4. The van der Waals surface area contributed by atoms with Crippen molar-refractivity contribution in [3.05, 3.63) is 70.7 Å². The Bertz CT molecular complexity index is 1060. The van der Waals surface area contributed by atoms with Gasteiger partial charge in [0.25, 0.3) is 0 Å². The molecule has 5 heteroatoms. The molecule has 0 N–H and O–H groups in total. The van der Waals surface area contributed by atoms with Crippen LogP contribution in [0.5, 0.6) is 11.5 Å². The van der Waals surface area contributed by atoms with Crippen LogP contribution in [0.4, 0.5) is 0 Å². The number of para-hydroxylation sites is 1. The highest BCUT2D eigenvalue weighted by molar-refractivity contribution is 6.13. The standard InChI is InChI=1S/C21H16O5/c1-11(2)20-19(22)18-12(3)8-14(10-16(18)26-20)24-21(23)17-9-13-6-4-5-7-15(13)25-17/h4-10H,1-3H3. The number of benzene rings is 2. The lowest BCUT2D eigenvalue weighted by molar-refractivity contribution is 0.0703.